The largest absolute Gasteiger partial charge is 0.356 e. The summed E-state index contributed by atoms with van der Waals surface area (Å²) in [5, 5.41) is 6.36. The number of hydrogen-bond donors (Lipinski definition) is 2. The standard InChI is InChI=1S/C18H33N3O2.ClH/c1-3-8-20-18(23)16-6-11-21(12-7-16)17(22)13-14(2)15-4-9-19-10-5-15;/h14-16,19H,3-13H2,1-2H3,(H,20,23);1H. The topological polar surface area (TPSA) is 61.4 Å². The van der Waals surface area contributed by atoms with Crippen molar-refractivity contribution in [1.82, 2.24) is 15.5 Å². The minimum absolute atomic E-state index is 0. The van der Waals surface area contributed by atoms with E-state index in [0.717, 1.165) is 52.0 Å². The van der Waals surface area contributed by atoms with E-state index in [1.807, 2.05) is 4.90 Å². The van der Waals surface area contributed by atoms with Crippen molar-refractivity contribution < 1.29 is 9.59 Å². The van der Waals surface area contributed by atoms with Crippen LogP contribution in [0.1, 0.15) is 52.4 Å². The summed E-state index contributed by atoms with van der Waals surface area (Å²) in [6.07, 6.45) is 5.63. The summed E-state index contributed by atoms with van der Waals surface area (Å²) >= 11 is 0. The summed E-state index contributed by atoms with van der Waals surface area (Å²) in [6, 6.07) is 0. The lowest BCUT2D eigenvalue weighted by Gasteiger charge is -2.34. The number of likely N-dealkylation sites (tertiary alicyclic amines) is 1. The number of halogens is 1. The lowest BCUT2D eigenvalue weighted by molar-refractivity contribution is -0.136. The van der Waals surface area contributed by atoms with Crippen LogP contribution >= 0.6 is 12.4 Å². The molecule has 2 amide bonds. The monoisotopic (exact) mass is 359 g/mol. The van der Waals surface area contributed by atoms with E-state index < -0.39 is 0 Å². The van der Waals surface area contributed by atoms with Gasteiger partial charge >= 0.3 is 0 Å². The van der Waals surface area contributed by atoms with Crippen molar-refractivity contribution in [3.8, 4) is 0 Å². The van der Waals surface area contributed by atoms with E-state index in [1.165, 1.54) is 12.8 Å². The molecule has 0 spiro atoms. The van der Waals surface area contributed by atoms with Crippen LogP contribution < -0.4 is 10.6 Å². The average Bonchev–Trinajstić information content (AvgIpc) is 2.60. The van der Waals surface area contributed by atoms with Crippen LogP contribution in [0.25, 0.3) is 0 Å². The van der Waals surface area contributed by atoms with Gasteiger partial charge < -0.3 is 15.5 Å². The van der Waals surface area contributed by atoms with Crippen LogP contribution in [-0.4, -0.2) is 49.4 Å². The highest BCUT2D eigenvalue weighted by molar-refractivity contribution is 5.85. The zero-order valence-corrected chi connectivity index (χ0v) is 16.0. The summed E-state index contributed by atoms with van der Waals surface area (Å²) in [7, 11) is 0. The molecule has 1 atom stereocenters. The normalized spacial score (nSPS) is 21.0. The highest BCUT2D eigenvalue weighted by Crippen LogP contribution is 2.26. The smallest absolute Gasteiger partial charge is 0.223 e. The molecule has 2 aliphatic heterocycles. The van der Waals surface area contributed by atoms with Gasteiger partial charge in [0.1, 0.15) is 0 Å². The second-order valence-corrected chi connectivity index (χ2v) is 7.21. The van der Waals surface area contributed by atoms with Gasteiger partial charge in [0, 0.05) is 32.0 Å². The van der Waals surface area contributed by atoms with Crippen molar-refractivity contribution in [1.29, 1.82) is 0 Å². The van der Waals surface area contributed by atoms with Crippen molar-refractivity contribution in [3.63, 3.8) is 0 Å². The summed E-state index contributed by atoms with van der Waals surface area (Å²) in [5.41, 5.74) is 0. The molecule has 24 heavy (non-hydrogen) atoms. The molecule has 2 saturated heterocycles. The third-order valence-corrected chi connectivity index (χ3v) is 5.45. The van der Waals surface area contributed by atoms with Gasteiger partial charge in [-0.2, -0.15) is 0 Å². The fourth-order valence-corrected chi connectivity index (χ4v) is 3.77. The molecular weight excluding hydrogens is 326 g/mol. The molecule has 0 radical (unpaired) electrons. The molecule has 2 rings (SSSR count). The summed E-state index contributed by atoms with van der Waals surface area (Å²) in [4.78, 5) is 26.5. The Kier molecular flexibility index (Phi) is 9.67. The van der Waals surface area contributed by atoms with Crippen molar-refractivity contribution in [3.05, 3.63) is 0 Å². The lowest BCUT2D eigenvalue weighted by Crippen LogP contribution is -2.44. The Morgan fingerprint density at radius 2 is 1.79 bits per heavy atom. The van der Waals surface area contributed by atoms with E-state index in [0.29, 0.717) is 18.3 Å². The van der Waals surface area contributed by atoms with Gasteiger partial charge in [-0.25, -0.2) is 0 Å². The second-order valence-electron chi connectivity index (χ2n) is 7.21. The third kappa shape index (κ3) is 6.25. The maximum atomic E-state index is 12.5. The molecule has 2 fully saturated rings. The van der Waals surface area contributed by atoms with Crippen molar-refractivity contribution >= 4 is 24.2 Å². The Morgan fingerprint density at radius 3 is 2.38 bits per heavy atom. The number of carbonyl (C=O) groups is 2. The predicted molar refractivity (Wildman–Crippen MR) is 99.2 cm³/mol. The first-order valence-electron chi connectivity index (χ1n) is 9.38. The minimum atomic E-state index is 0. The van der Waals surface area contributed by atoms with Crippen LogP contribution in [0.3, 0.4) is 0 Å². The van der Waals surface area contributed by atoms with E-state index in [1.54, 1.807) is 0 Å². The molecule has 0 aromatic rings. The van der Waals surface area contributed by atoms with Crippen LogP contribution in [0, 0.1) is 17.8 Å². The third-order valence-electron chi connectivity index (χ3n) is 5.45. The second kappa shape index (κ2) is 10.9. The van der Waals surface area contributed by atoms with Crippen molar-refractivity contribution in [2.24, 2.45) is 17.8 Å². The van der Waals surface area contributed by atoms with Gasteiger partial charge in [-0.1, -0.05) is 13.8 Å². The van der Waals surface area contributed by atoms with Gasteiger partial charge in [0.25, 0.3) is 0 Å². The molecule has 2 heterocycles. The van der Waals surface area contributed by atoms with E-state index in [-0.39, 0.29) is 30.1 Å². The van der Waals surface area contributed by atoms with Gasteiger partial charge in [-0.3, -0.25) is 9.59 Å². The number of nitrogens with one attached hydrogen (secondary N) is 2. The first kappa shape index (κ1) is 21.2. The number of amides is 2. The Bertz CT molecular complexity index is 392. The van der Waals surface area contributed by atoms with E-state index in [9.17, 15) is 9.59 Å². The summed E-state index contributed by atoms with van der Waals surface area (Å²) < 4.78 is 0. The van der Waals surface area contributed by atoms with Gasteiger partial charge in [0.15, 0.2) is 0 Å². The Morgan fingerprint density at radius 1 is 1.17 bits per heavy atom. The quantitative estimate of drug-likeness (QED) is 0.764. The zero-order chi connectivity index (χ0) is 16.7. The van der Waals surface area contributed by atoms with Gasteiger partial charge in [-0.15, -0.1) is 12.4 Å². The molecule has 0 aromatic heterocycles. The Labute approximate surface area is 152 Å². The molecule has 1 unspecified atom stereocenters. The Hall–Kier alpha value is -0.810. The number of rotatable bonds is 6. The van der Waals surface area contributed by atoms with E-state index >= 15 is 0 Å². The molecule has 2 N–H and O–H groups in total. The molecule has 0 saturated carbocycles. The van der Waals surface area contributed by atoms with Crippen LogP contribution in [0.2, 0.25) is 0 Å². The molecule has 5 nitrogen and oxygen atoms in total. The van der Waals surface area contributed by atoms with Crippen molar-refractivity contribution in [2.45, 2.75) is 52.4 Å². The first-order valence-corrected chi connectivity index (χ1v) is 9.38. The fraction of sp³-hybridized carbons (Fsp3) is 0.889. The van der Waals surface area contributed by atoms with Gasteiger partial charge in [0.05, 0.1) is 0 Å². The number of nitrogens with zero attached hydrogens (tertiary/aromatic N) is 1. The predicted octanol–water partition coefficient (Wildman–Crippen LogP) is 2.20. The van der Waals surface area contributed by atoms with Gasteiger partial charge in [0.2, 0.25) is 11.8 Å². The summed E-state index contributed by atoms with van der Waals surface area (Å²) in [6.45, 7) is 8.68. The number of hydrogen-bond acceptors (Lipinski definition) is 3. The van der Waals surface area contributed by atoms with Crippen LogP contribution in [0.15, 0.2) is 0 Å². The molecule has 0 aromatic carbocycles. The lowest BCUT2D eigenvalue weighted by atomic mass is 9.83. The van der Waals surface area contributed by atoms with E-state index in [4.69, 9.17) is 0 Å². The Balaban J connectivity index is 0.00000288. The maximum absolute atomic E-state index is 12.5. The highest BCUT2D eigenvalue weighted by Gasteiger charge is 2.29. The fourth-order valence-electron chi connectivity index (χ4n) is 3.77. The van der Waals surface area contributed by atoms with Crippen LogP contribution in [-0.2, 0) is 9.59 Å². The zero-order valence-electron chi connectivity index (χ0n) is 15.2. The summed E-state index contributed by atoms with van der Waals surface area (Å²) in [5.74, 6) is 1.69. The van der Waals surface area contributed by atoms with Crippen LogP contribution in [0.5, 0.6) is 0 Å². The average molecular weight is 360 g/mol. The molecule has 2 aliphatic rings. The first-order chi connectivity index (χ1) is 11.1. The molecule has 140 valence electrons. The van der Waals surface area contributed by atoms with Gasteiger partial charge in [-0.05, 0) is 57.0 Å². The SMILES string of the molecule is CCCNC(=O)C1CCN(C(=O)CC(C)C2CCNCC2)CC1.Cl. The molecule has 0 bridgehead atoms. The molecule has 0 aliphatic carbocycles. The van der Waals surface area contributed by atoms with E-state index in [2.05, 4.69) is 24.5 Å². The minimum Gasteiger partial charge on any atom is -0.356 e. The maximum Gasteiger partial charge on any atom is 0.223 e. The van der Waals surface area contributed by atoms with Crippen LogP contribution in [0.4, 0.5) is 0 Å². The molecular formula is C18H34ClN3O2. The number of piperidine rings is 2. The number of carbonyl (C=O) groups excluding carboxylic acids is 2. The van der Waals surface area contributed by atoms with Crippen molar-refractivity contribution in [2.75, 3.05) is 32.7 Å². The molecule has 6 heteroatoms. The highest BCUT2D eigenvalue weighted by atomic mass is 35.5.